The maximum Gasteiger partial charge on any atom is 0.284 e. The molecule has 0 atom stereocenters. The number of hydrazine groups is 1. The van der Waals surface area contributed by atoms with Crippen molar-refractivity contribution in [3.63, 3.8) is 0 Å². The van der Waals surface area contributed by atoms with E-state index in [1.165, 1.54) is 12.8 Å². The summed E-state index contributed by atoms with van der Waals surface area (Å²) >= 11 is 0. The van der Waals surface area contributed by atoms with E-state index in [0.29, 0.717) is 12.2 Å². The molecule has 1 aromatic heterocycles. The predicted molar refractivity (Wildman–Crippen MR) is 89.1 cm³/mol. The summed E-state index contributed by atoms with van der Waals surface area (Å²) in [5.74, 6) is 0.726. The third-order valence-electron chi connectivity index (χ3n) is 3.72. The Bertz CT molecular complexity index is 621. The Kier molecular flexibility index (Phi) is 5.83. The molecule has 5 heteroatoms. The van der Waals surface area contributed by atoms with E-state index in [4.69, 9.17) is 4.74 Å². The molecular weight excluding hydrogens is 278 g/mol. The molecule has 0 saturated carbocycles. The maximum absolute atomic E-state index is 12.6. The number of carbonyl (C=O) groups is 1. The number of H-pyrrole nitrogens is 1. The predicted octanol–water partition coefficient (Wildman–Crippen LogP) is 3.33. The molecule has 0 bridgehead atoms. The number of benzene rings is 1. The average Bonchev–Trinajstić information content (AvgIpc) is 2.98. The lowest BCUT2D eigenvalue weighted by molar-refractivity contribution is 0.0665. The fourth-order valence-corrected chi connectivity index (χ4v) is 2.48. The molecule has 2 aromatic rings. The molecule has 5 nitrogen and oxygen atoms in total. The molecule has 0 saturated heterocycles. The zero-order valence-electron chi connectivity index (χ0n) is 13.6. The molecule has 1 aromatic carbocycles. The third-order valence-corrected chi connectivity index (χ3v) is 3.72. The quantitative estimate of drug-likeness (QED) is 0.581. The van der Waals surface area contributed by atoms with Crippen LogP contribution in [0.5, 0.6) is 5.75 Å². The number of ether oxygens (including phenoxy) is 1. The SMILES string of the molecule is CCCCCNN(CC)C(=O)c1cc2c(OC)cccc2[nH]1. The molecule has 0 unspecified atom stereocenters. The Morgan fingerprint density at radius 3 is 2.82 bits per heavy atom. The van der Waals surface area contributed by atoms with Crippen molar-refractivity contribution in [2.45, 2.75) is 33.1 Å². The van der Waals surface area contributed by atoms with Crippen molar-refractivity contribution in [3.8, 4) is 5.75 Å². The van der Waals surface area contributed by atoms with Crippen molar-refractivity contribution in [2.24, 2.45) is 0 Å². The Morgan fingerprint density at radius 1 is 1.32 bits per heavy atom. The summed E-state index contributed by atoms with van der Waals surface area (Å²) in [7, 11) is 1.64. The molecule has 0 aliphatic rings. The number of fused-ring (bicyclic) bond motifs is 1. The van der Waals surface area contributed by atoms with Gasteiger partial charge in [0, 0.05) is 24.0 Å². The van der Waals surface area contributed by atoms with Crippen molar-refractivity contribution >= 4 is 16.8 Å². The van der Waals surface area contributed by atoms with Crippen LogP contribution in [0.1, 0.15) is 43.6 Å². The van der Waals surface area contributed by atoms with Gasteiger partial charge in [-0.1, -0.05) is 25.8 Å². The van der Waals surface area contributed by atoms with E-state index in [1.807, 2.05) is 31.2 Å². The van der Waals surface area contributed by atoms with Crippen molar-refractivity contribution < 1.29 is 9.53 Å². The van der Waals surface area contributed by atoms with Crippen molar-refractivity contribution in [1.82, 2.24) is 15.4 Å². The summed E-state index contributed by atoms with van der Waals surface area (Å²) in [6.45, 7) is 5.57. The van der Waals surface area contributed by atoms with Crippen LogP contribution in [0.15, 0.2) is 24.3 Å². The zero-order valence-corrected chi connectivity index (χ0v) is 13.6. The lowest BCUT2D eigenvalue weighted by Gasteiger charge is -2.21. The van der Waals surface area contributed by atoms with Crippen LogP contribution in [0.3, 0.4) is 0 Å². The number of unbranched alkanes of at least 4 members (excludes halogenated alkanes) is 2. The van der Waals surface area contributed by atoms with Crippen LogP contribution in [0.4, 0.5) is 0 Å². The maximum atomic E-state index is 12.6. The van der Waals surface area contributed by atoms with Gasteiger partial charge in [0.1, 0.15) is 11.4 Å². The van der Waals surface area contributed by atoms with Crippen LogP contribution in [-0.2, 0) is 0 Å². The van der Waals surface area contributed by atoms with E-state index in [2.05, 4.69) is 17.3 Å². The average molecular weight is 303 g/mol. The zero-order chi connectivity index (χ0) is 15.9. The van der Waals surface area contributed by atoms with Gasteiger partial charge in [0.05, 0.1) is 7.11 Å². The number of nitrogens with one attached hydrogen (secondary N) is 2. The number of nitrogens with zero attached hydrogens (tertiary/aromatic N) is 1. The second kappa shape index (κ2) is 7.84. The Balaban J connectivity index is 2.13. The topological polar surface area (TPSA) is 57.4 Å². The molecule has 22 heavy (non-hydrogen) atoms. The number of methoxy groups -OCH3 is 1. The lowest BCUT2D eigenvalue weighted by atomic mass is 10.2. The van der Waals surface area contributed by atoms with E-state index in [9.17, 15) is 4.79 Å². The van der Waals surface area contributed by atoms with Gasteiger partial charge >= 0.3 is 0 Å². The molecule has 0 radical (unpaired) electrons. The minimum atomic E-state index is -0.0442. The standard InChI is InChI=1S/C17H25N3O2/c1-4-6-7-11-18-20(5-2)17(21)15-12-13-14(19-15)9-8-10-16(13)22-3/h8-10,12,18-19H,4-7,11H2,1-3H3. The van der Waals surface area contributed by atoms with Gasteiger partial charge in [0.25, 0.3) is 5.91 Å². The first-order valence-corrected chi connectivity index (χ1v) is 7.92. The summed E-state index contributed by atoms with van der Waals surface area (Å²) in [6, 6.07) is 7.60. The summed E-state index contributed by atoms with van der Waals surface area (Å²) in [4.78, 5) is 15.8. The van der Waals surface area contributed by atoms with Crippen LogP contribution in [0.25, 0.3) is 10.9 Å². The highest BCUT2D eigenvalue weighted by molar-refractivity contribution is 5.99. The largest absolute Gasteiger partial charge is 0.496 e. The molecule has 1 heterocycles. The first-order valence-electron chi connectivity index (χ1n) is 7.92. The molecule has 2 rings (SSSR count). The highest BCUT2D eigenvalue weighted by Crippen LogP contribution is 2.26. The smallest absolute Gasteiger partial charge is 0.284 e. The van der Waals surface area contributed by atoms with E-state index in [1.54, 1.807) is 12.1 Å². The lowest BCUT2D eigenvalue weighted by Crippen LogP contribution is -2.43. The number of hydrogen-bond acceptors (Lipinski definition) is 3. The Hall–Kier alpha value is -2.01. The Labute approximate surface area is 131 Å². The summed E-state index contributed by atoms with van der Waals surface area (Å²) < 4.78 is 5.34. The van der Waals surface area contributed by atoms with Gasteiger partial charge in [-0.05, 0) is 31.5 Å². The Morgan fingerprint density at radius 2 is 2.14 bits per heavy atom. The molecule has 120 valence electrons. The van der Waals surface area contributed by atoms with Gasteiger partial charge in [-0.25, -0.2) is 5.43 Å². The van der Waals surface area contributed by atoms with E-state index in [0.717, 1.165) is 29.6 Å². The molecule has 1 amide bonds. The molecular formula is C17H25N3O2. The van der Waals surface area contributed by atoms with Crippen LogP contribution in [0, 0.1) is 0 Å². The van der Waals surface area contributed by atoms with Gasteiger partial charge in [0.15, 0.2) is 0 Å². The van der Waals surface area contributed by atoms with Gasteiger partial charge in [-0.15, -0.1) is 0 Å². The van der Waals surface area contributed by atoms with Crippen molar-refractivity contribution in [3.05, 3.63) is 30.0 Å². The van der Waals surface area contributed by atoms with E-state index < -0.39 is 0 Å². The molecule has 0 spiro atoms. The van der Waals surface area contributed by atoms with Crippen LogP contribution in [-0.4, -0.2) is 36.1 Å². The number of rotatable bonds is 8. The van der Waals surface area contributed by atoms with Gasteiger partial charge in [0.2, 0.25) is 0 Å². The van der Waals surface area contributed by atoms with Crippen molar-refractivity contribution in [1.29, 1.82) is 0 Å². The highest BCUT2D eigenvalue weighted by atomic mass is 16.5. The van der Waals surface area contributed by atoms with Crippen LogP contribution in [0.2, 0.25) is 0 Å². The van der Waals surface area contributed by atoms with E-state index in [-0.39, 0.29) is 5.91 Å². The van der Waals surface area contributed by atoms with Crippen molar-refractivity contribution in [2.75, 3.05) is 20.2 Å². The van der Waals surface area contributed by atoms with Gasteiger partial charge in [-0.3, -0.25) is 9.80 Å². The first kappa shape index (κ1) is 16.4. The monoisotopic (exact) mass is 303 g/mol. The number of carbonyl (C=O) groups excluding carboxylic acids is 1. The molecule has 2 N–H and O–H groups in total. The third kappa shape index (κ3) is 3.60. The van der Waals surface area contributed by atoms with Crippen LogP contribution >= 0.6 is 0 Å². The molecule has 0 fully saturated rings. The summed E-state index contributed by atoms with van der Waals surface area (Å²) in [5, 5.41) is 2.59. The second-order valence-corrected chi connectivity index (χ2v) is 5.27. The first-order chi connectivity index (χ1) is 10.7. The normalized spacial score (nSPS) is 10.9. The fraction of sp³-hybridized carbons (Fsp3) is 0.471. The van der Waals surface area contributed by atoms with E-state index >= 15 is 0 Å². The van der Waals surface area contributed by atoms with Crippen LogP contribution < -0.4 is 10.2 Å². The fourth-order valence-electron chi connectivity index (χ4n) is 2.48. The number of hydrogen-bond donors (Lipinski definition) is 2. The summed E-state index contributed by atoms with van der Waals surface area (Å²) in [6.07, 6.45) is 3.41. The minimum Gasteiger partial charge on any atom is -0.496 e. The number of aromatic amines is 1. The summed E-state index contributed by atoms with van der Waals surface area (Å²) in [5.41, 5.74) is 4.69. The number of amides is 1. The highest BCUT2D eigenvalue weighted by Gasteiger charge is 2.17. The second-order valence-electron chi connectivity index (χ2n) is 5.27. The van der Waals surface area contributed by atoms with Gasteiger partial charge < -0.3 is 9.72 Å². The number of aromatic nitrogens is 1. The molecule has 0 aliphatic carbocycles. The minimum absolute atomic E-state index is 0.0442. The molecule has 0 aliphatic heterocycles. The van der Waals surface area contributed by atoms with Gasteiger partial charge in [-0.2, -0.15) is 0 Å².